The van der Waals surface area contributed by atoms with E-state index in [2.05, 4.69) is 0 Å². The van der Waals surface area contributed by atoms with Crippen molar-refractivity contribution in [3.05, 3.63) is 64.4 Å². The Bertz CT molecular complexity index is 980. The van der Waals surface area contributed by atoms with E-state index in [4.69, 9.17) is 16.3 Å². The van der Waals surface area contributed by atoms with Gasteiger partial charge in [0.15, 0.2) is 16.4 Å². The van der Waals surface area contributed by atoms with E-state index in [0.717, 1.165) is 5.56 Å². The molecule has 3 rings (SSSR count). The van der Waals surface area contributed by atoms with Crippen LogP contribution in [0.4, 0.5) is 4.39 Å². The third-order valence-electron chi connectivity index (χ3n) is 4.76. The predicted molar refractivity (Wildman–Crippen MR) is 106 cm³/mol. The summed E-state index contributed by atoms with van der Waals surface area (Å²) in [7, 11) is -3.20. The van der Waals surface area contributed by atoms with Crippen LogP contribution in [0.3, 0.4) is 0 Å². The van der Waals surface area contributed by atoms with Gasteiger partial charge in [0.25, 0.3) is 5.91 Å². The first-order valence-electron chi connectivity index (χ1n) is 8.87. The van der Waals surface area contributed by atoms with Crippen LogP contribution in [-0.4, -0.2) is 43.4 Å². The van der Waals surface area contributed by atoms with E-state index < -0.39 is 27.6 Å². The Balaban J connectivity index is 1.76. The van der Waals surface area contributed by atoms with Crippen LogP contribution in [0.2, 0.25) is 5.02 Å². The first-order valence-corrected chi connectivity index (χ1v) is 11.1. The monoisotopic (exact) mass is 425 g/mol. The van der Waals surface area contributed by atoms with Crippen LogP contribution >= 0.6 is 11.6 Å². The maximum Gasteiger partial charge on any atom is 0.261 e. The quantitative estimate of drug-likeness (QED) is 0.711. The number of carbonyl (C=O) groups excluding carboxylic acids is 1. The molecule has 1 heterocycles. The Hall–Kier alpha value is -2.12. The molecule has 1 saturated heterocycles. The van der Waals surface area contributed by atoms with Gasteiger partial charge in [0.2, 0.25) is 0 Å². The molecule has 0 spiro atoms. The van der Waals surface area contributed by atoms with Gasteiger partial charge in [-0.25, -0.2) is 12.8 Å². The van der Waals surface area contributed by atoms with Gasteiger partial charge in [0.1, 0.15) is 11.6 Å². The van der Waals surface area contributed by atoms with E-state index in [1.807, 2.05) is 6.92 Å². The van der Waals surface area contributed by atoms with Crippen molar-refractivity contribution < 1.29 is 22.3 Å². The maximum absolute atomic E-state index is 14.1. The smallest absolute Gasteiger partial charge is 0.261 e. The molecule has 2 aromatic carbocycles. The topological polar surface area (TPSA) is 63.7 Å². The van der Waals surface area contributed by atoms with Crippen molar-refractivity contribution in [1.82, 2.24) is 4.90 Å². The van der Waals surface area contributed by atoms with E-state index >= 15 is 0 Å². The fourth-order valence-corrected chi connectivity index (χ4v) is 5.04. The van der Waals surface area contributed by atoms with Gasteiger partial charge in [-0.3, -0.25) is 4.79 Å². The second-order valence-corrected chi connectivity index (χ2v) is 9.51. The molecular formula is C20H21ClFNO4S. The summed E-state index contributed by atoms with van der Waals surface area (Å²) in [4.78, 5) is 14.2. The van der Waals surface area contributed by atoms with Gasteiger partial charge in [0.05, 0.1) is 11.5 Å². The minimum absolute atomic E-state index is 0.00526. The van der Waals surface area contributed by atoms with E-state index in [1.54, 1.807) is 36.4 Å². The van der Waals surface area contributed by atoms with Gasteiger partial charge in [-0.1, -0.05) is 29.8 Å². The lowest BCUT2D eigenvalue weighted by Gasteiger charge is -2.28. The van der Waals surface area contributed by atoms with E-state index in [9.17, 15) is 17.6 Å². The number of halogens is 2. The standard InChI is InChI=1S/C20H21ClFNO4S/c1-14-10-17(6-7-18(14)21)27-12-20(24)23(16-8-9-28(25,26)13-16)11-15-4-2-3-5-19(15)22/h2-7,10,16H,8-9,11-13H2,1H3/t16-/m0/s1. The second-order valence-electron chi connectivity index (χ2n) is 6.87. The minimum Gasteiger partial charge on any atom is -0.484 e. The molecule has 0 aromatic heterocycles. The number of aryl methyl sites for hydroxylation is 1. The van der Waals surface area contributed by atoms with Gasteiger partial charge in [0, 0.05) is 23.2 Å². The number of ether oxygens (including phenoxy) is 1. The molecule has 5 nitrogen and oxygen atoms in total. The lowest BCUT2D eigenvalue weighted by atomic mass is 10.1. The van der Waals surface area contributed by atoms with Gasteiger partial charge in [-0.15, -0.1) is 0 Å². The number of nitrogens with zero attached hydrogens (tertiary/aromatic N) is 1. The van der Waals surface area contributed by atoms with Crippen molar-refractivity contribution in [2.45, 2.75) is 25.9 Å². The van der Waals surface area contributed by atoms with Crippen LogP contribution in [0.5, 0.6) is 5.75 Å². The molecule has 1 fully saturated rings. The SMILES string of the molecule is Cc1cc(OCC(=O)N(Cc2ccccc2F)[C@H]2CCS(=O)(=O)C2)ccc1Cl. The zero-order valence-electron chi connectivity index (χ0n) is 15.4. The molecule has 1 amide bonds. The van der Waals surface area contributed by atoms with Crippen molar-refractivity contribution in [1.29, 1.82) is 0 Å². The first kappa shape index (κ1) is 20.6. The molecule has 8 heteroatoms. The van der Waals surface area contributed by atoms with E-state index in [0.29, 0.717) is 22.8 Å². The highest BCUT2D eigenvalue weighted by molar-refractivity contribution is 7.91. The lowest BCUT2D eigenvalue weighted by Crippen LogP contribution is -2.43. The number of carbonyl (C=O) groups is 1. The third-order valence-corrected chi connectivity index (χ3v) is 6.93. The molecule has 1 atom stereocenters. The molecule has 0 bridgehead atoms. The summed E-state index contributed by atoms with van der Waals surface area (Å²) < 4.78 is 43.4. The second kappa shape index (κ2) is 8.49. The van der Waals surface area contributed by atoms with Gasteiger partial charge < -0.3 is 9.64 Å². The summed E-state index contributed by atoms with van der Waals surface area (Å²) in [5.74, 6) is -0.433. The highest BCUT2D eigenvalue weighted by Gasteiger charge is 2.35. The summed E-state index contributed by atoms with van der Waals surface area (Å²) >= 11 is 5.99. The molecule has 28 heavy (non-hydrogen) atoms. The summed E-state index contributed by atoms with van der Waals surface area (Å²) in [6, 6.07) is 10.7. The number of benzene rings is 2. The molecule has 0 unspecified atom stereocenters. The Kier molecular flexibility index (Phi) is 6.25. The van der Waals surface area contributed by atoms with Crippen LogP contribution in [0.1, 0.15) is 17.5 Å². The van der Waals surface area contributed by atoms with Crippen LogP contribution < -0.4 is 4.74 Å². The van der Waals surface area contributed by atoms with Gasteiger partial charge in [-0.2, -0.15) is 0 Å². The molecule has 0 N–H and O–H groups in total. The average molecular weight is 426 g/mol. The maximum atomic E-state index is 14.1. The zero-order valence-corrected chi connectivity index (χ0v) is 17.0. The highest BCUT2D eigenvalue weighted by Crippen LogP contribution is 2.23. The Morgan fingerprint density at radius 3 is 2.68 bits per heavy atom. The largest absolute Gasteiger partial charge is 0.484 e. The summed E-state index contributed by atoms with van der Waals surface area (Å²) in [5.41, 5.74) is 1.15. The normalized spacial score (nSPS) is 18.0. The van der Waals surface area contributed by atoms with E-state index in [-0.39, 0.29) is 24.7 Å². The minimum atomic E-state index is -3.20. The Morgan fingerprint density at radius 2 is 2.04 bits per heavy atom. The lowest BCUT2D eigenvalue weighted by molar-refractivity contribution is -0.136. The van der Waals surface area contributed by atoms with Crippen molar-refractivity contribution in [2.75, 3.05) is 18.1 Å². The molecule has 0 aliphatic carbocycles. The average Bonchev–Trinajstić information content (AvgIpc) is 3.01. The van der Waals surface area contributed by atoms with Crippen LogP contribution in [0.25, 0.3) is 0 Å². The number of hydrogen-bond acceptors (Lipinski definition) is 4. The fourth-order valence-electron chi connectivity index (χ4n) is 3.19. The first-order chi connectivity index (χ1) is 13.2. The summed E-state index contributed by atoms with van der Waals surface area (Å²) in [6.45, 7) is 1.55. The Morgan fingerprint density at radius 1 is 1.29 bits per heavy atom. The predicted octanol–water partition coefficient (Wildman–Crippen LogP) is 3.38. The molecule has 150 valence electrons. The number of rotatable bonds is 6. The van der Waals surface area contributed by atoms with Crippen LogP contribution in [-0.2, 0) is 21.2 Å². The summed E-state index contributed by atoms with van der Waals surface area (Å²) in [6.07, 6.45) is 0.336. The van der Waals surface area contributed by atoms with Crippen LogP contribution in [0, 0.1) is 12.7 Å². The zero-order chi connectivity index (χ0) is 20.3. The molecule has 0 saturated carbocycles. The molecule has 2 aromatic rings. The number of hydrogen-bond donors (Lipinski definition) is 0. The van der Waals surface area contributed by atoms with Gasteiger partial charge in [-0.05, 0) is 43.2 Å². The molecule has 1 aliphatic rings. The van der Waals surface area contributed by atoms with Crippen molar-refractivity contribution in [3.8, 4) is 5.75 Å². The molecule has 0 radical (unpaired) electrons. The number of amides is 1. The third kappa shape index (κ3) is 5.02. The fraction of sp³-hybridized carbons (Fsp3) is 0.350. The molecule has 1 aliphatic heterocycles. The Labute approximate surface area is 169 Å². The molecular weight excluding hydrogens is 405 g/mol. The summed E-state index contributed by atoms with van der Waals surface area (Å²) in [5, 5.41) is 0.594. The van der Waals surface area contributed by atoms with Crippen molar-refractivity contribution in [3.63, 3.8) is 0 Å². The van der Waals surface area contributed by atoms with Gasteiger partial charge >= 0.3 is 0 Å². The van der Waals surface area contributed by atoms with Crippen molar-refractivity contribution >= 4 is 27.3 Å². The van der Waals surface area contributed by atoms with Crippen molar-refractivity contribution in [2.24, 2.45) is 0 Å². The highest BCUT2D eigenvalue weighted by atomic mass is 35.5. The van der Waals surface area contributed by atoms with E-state index in [1.165, 1.54) is 11.0 Å². The number of sulfone groups is 1. The van der Waals surface area contributed by atoms with Crippen LogP contribution in [0.15, 0.2) is 42.5 Å².